The second-order valence-electron chi connectivity index (χ2n) is 5.64. The van der Waals surface area contributed by atoms with Crippen molar-refractivity contribution in [2.75, 3.05) is 5.32 Å². The Morgan fingerprint density at radius 2 is 2.16 bits per heavy atom. The first-order valence-electron chi connectivity index (χ1n) is 7.61. The van der Waals surface area contributed by atoms with Crippen molar-refractivity contribution in [1.29, 1.82) is 0 Å². The molecular formula is C17H14FN5OS. The zero-order valence-electron chi connectivity index (χ0n) is 13.3. The summed E-state index contributed by atoms with van der Waals surface area (Å²) >= 11 is 1.38. The molecule has 0 aliphatic rings. The van der Waals surface area contributed by atoms with Crippen molar-refractivity contribution in [1.82, 2.24) is 20.0 Å². The molecule has 2 N–H and O–H groups in total. The highest BCUT2D eigenvalue weighted by atomic mass is 32.1. The Labute approximate surface area is 146 Å². The number of aromatic nitrogens is 4. The average Bonchev–Trinajstić information content (AvgIpc) is 3.29. The van der Waals surface area contributed by atoms with Gasteiger partial charge in [-0.3, -0.25) is 14.6 Å². The number of benzene rings is 1. The van der Waals surface area contributed by atoms with Gasteiger partial charge < -0.3 is 5.32 Å². The molecule has 4 rings (SSSR count). The molecular weight excluding hydrogens is 341 g/mol. The molecule has 1 aromatic carbocycles. The summed E-state index contributed by atoms with van der Waals surface area (Å²) in [7, 11) is 0. The van der Waals surface area contributed by atoms with Gasteiger partial charge in [-0.15, -0.1) is 11.3 Å². The highest BCUT2D eigenvalue weighted by molar-refractivity contribution is 7.20. The van der Waals surface area contributed by atoms with E-state index in [-0.39, 0.29) is 11.7 Å². The summed E-state index contributed by atoms with van der Waals surface area (Å²) in [5.41, 5.74) is 2.42. The van der Waals surface area contributed by atoms with Gasteiger partial charge in [0.2, 0.25) is 0 Å². The Kier molecular flexibility index (Phi) is 3.81. The summed E-state index contributed by atoms with van der Waals surface area (Å²) in [4.78, 5) is 13.9. The molecule has 3 aromatic heterocycles. The Bertz CT molecular complexity index is 1030. The maximum Gasteiger partial charge on any atom is 0.265 e. The van der Waals surface area contributed by atoms with Crippen molar-refractivity contribution in [2.24, 2.45) is 0 Å². The van der Waals surface area contributed by atoms with E-state index < -0.39 is 0 Å². The zero-order chi connectivity index (χ0) is 17.4. The maximum absolute atomic E-state index is 13.1. The Balaban J connectivity index is 1.64. The van der Waals surface area contributed by atoms with Gasteiger partial charge in [0.1, 0.15) is 10.6 Å². The molecule has 0 unspecified atom stereocenters. The van der Waals surface area contributed by atoms with Gasteiger partial charge in [0, 0.05) is 11.6 Å². The third kappa shape index (κ3) is 3.03. The summed E-state index contributed by atoms with van der Waals surface area (Å²) in [6, 6.07) is 8.18. The number of amides is 1. The van der Waals surface area contributed by atoms with Crippen molar-refractivity contribution in [3.63, 3.8) is 0 Å². The molecule has 0 aliphatic heterocycles. The predicted molar refractivity (Wildman–Crippen MR) is 94.4 cm³/mol. The van der Waals surface area contributed by atoms with Gasteiger partial charge in [0.15, 0.2) is 0 Å². The number of H-pyrrole nitrogens is 1. The number of nitrogens with one attached hydrogen (secondary N) is 2. The fourth-order valence-corrected chi connectivity index (χ4v) is 3.66. The van der Waals surface area contributed by atoms with E-state index in [4.69, 9.17) is 0 Å². The summed E-state index contributed by atoms with van der Waals surface area (Å²) < 4.78 is 14.9. The van der Waals surface area contributed by atoms with Crippen LogP contribution in [0, 0.1) is 12.7 Å². The molecule has 6 nitrogen and oxygen atoms in total. The van der Waals surface area contributed by atoms with Crippen molar-refractivity contribution >= 4 is 33.1 Å². The Hall–Kier alpha value is -3.00. The number of carbonyl (C=O) groups excluding carboxylic acids is 1. The van der Waals surface area contributed by atoms with E-state index in [9.17, 15) is 9.18 Å². The normalized spacial score (nSPS) is 11.1. The van der Waals surface area contributed by atoms with Gasteiger partial charge >= 0.3 is 0 Å². The first-order valence-corrected chi connectivity index (χ1v) is 8.43. The van der Waals surface area contributed by atoms with Crippen LogP contribution < -0.4 is 5.32 Å². The summed E-state index contributed by atoms with van der Waals surface area (Å²) in [5.74, 6) is -0.449. The minimum atomic E-state index is -0.264. The van der Waals surface area contributed by atoms with Gasteiger partial charge in [-0.05, 0) is 30.7 Å². The van der Waals surface area contributed by atoms with E-state index in [0.29, 0.717) is 17.1 Å². The topological polar surface area (TPSA) is 75.6 Å². The monoisotopic (exact) mass is 355 g/mol. The van der Waals surface area contributed by atoms with E-state index >= 15 is 0 Å². The fraction of sp³-hybridized carbons (Fsp3) is 0.118. The Morgan fingerprint density at radius 3 is 2.88 bits per heavy atom. The van der Waals surface area contributed by atoms with Crippen molar-refractivity contribution < 1.29 is 9.18 Å². The molecule has 0 saturated carbocycles. The predicted octanol–water partition coefficient (Wildman–Crippen LogP) is 3.57. The number of aryl methyl sites for hydroxylation is 1. The Morgan fingerprint density at radius 1 is 1.36 bits per heavy atom. The lowest BCUT2D eigenvalue weighted by molar-refractivity contribution is 0.103. The minimum Gasteiger partial charge on any atom is -0.319 e. The van der Waals surface area contributed by atoms with Crippen molar-refractivity contribution in [3.8, 4) is 0 Å². The number of thiophene rings is 1. The van der Waals surface area contributed by atoms with Crippen molar-refractivity contribution in [3.05, 3.63) is 64.7 Å². The quantitative estimate of drug-likeness (QED) is 0.588. The van der Waals surface area contributed by atoms with E-state index in [1.165, 1.54) is 23.5 Å². The molecule has 0 fully saturated rings. The van der Waals surface area contributed by atoms with E-state index in [1.807, 2.05) is 17.7 Å². The van der Waals surface area contributed by atoms with Crippen LogP contribution in [-0.2, 0) is 6.54 Å². The number of nitrogens with zero attached hydrogens (tertiary/aromatic N) is 3. The summed E-state index contributed by atoms with van der Waals surface area (Å²) in [6.45, 7) is 2.43. The van der Waals surface area contributed by atoms with Crippen LogP contribution in [-0.4, -0.2) is 25.9 Å². The van der Waals surface area contributed by atoms with Crippen LogP contribution in [0.1, 0.15) is 20.9 Å². The third-order valence-corrected chi connectivity index (χ3v) is 4.98. The van der Waals surface area contributed by atoms with Crippen LogP contribution in [0.2, 0.25) is 0 Å². The van der Waals surface area contributed by atoms with Crippen LogP contribution in [0.15, 0.2) is 42.7 Å². The van der Waals surface area contributed by atoms with E-state index in [2.05, 4.69) is 20.6 Å². The number of rotatable bonds is 4. The van der Waals surface area contributed by atoms with Gasteiger partial charge in [-0.2, -0.15) is 10.2 Å². The molecule has 0 bridgehead atoms. The fourth-order valence-electron chi connectivity index (χ4n) is 2.61. The van der Waals surface area contributed by atoms with Crippen LogP contribution in [0.25, 0.3) is 10.2 Å². The number of fused-ring (bicyclic) bond motifs is 1. The molecule has 0 saturated heterocycles. The third-order valence-electron chi connectivity index (χ3n) is 3.83. The molecule has 0 spiro atoms. The molecule has 0 atom stereocenters. The first-order chi connectivity index (χ1) is 12.1. The number of hydrogen-bond acceptors (Lipinski definition) is 4. The van der Waals surface area contributed by atoms with E-state index in [1.54, 1.807) is 24.5 Å². The standard InChI is InChI=1S/C17H14FN5OS/c1-10-14-6-15(16(24)21-13-7-19-20-8-13)25-17(14)23(22-10)9-11-2-4-12(18)5-3-11/h2-8H,9H2,1H3,(H,19,20)(H,21,24). The SMILES string of the molecule is Cc1nn(Cc2ccc(F)cc2)c2sc(C(=O)Nc3cn[nH]c3)cc12. The lowest BCUT2D eigenvalue weighted by Gasteiger charge is -2.03. The zero-order valence-corrected chi connectivity index (χ0v) is 14.1. The molecule has 3 heterocycles. The second kappa shape index (κ2) is 6.14. The number of anilines is 1. The summed E-state index contributed by atoms with van der Waals surface area (Å²) in [6.07, 6.45) is 3.17. The smallest absolute Gasteiger partial charge is 0.265 e. The largest absolute Gasteiger partial charge is 0.319 e. The number of halogens is 1. The number of hydrogen-bond donors (Lipinski definition) is 2. The molecule has 1 amide bonds. The van der Waals surface area contributed by atoms with Gasteiger partial charge in [0.05, 0.1) is 29.0 Å². The maximum atomic E-state index is 13.1. The van der Waals surface area contributed by atoms with Gasteiger partial charge in [-0.1, -0.05) is 12.1 Å². The van der Waals surface area contributed by atoms with Gasteiger partial charge in [0.25, 0.3) is 5.91 Å². The first kappa shape index (κ1) is 15.5. The van der Waals surface area contributed by atoms with Gasteiger partial charge in [-0.25, -0.2) is 4.39 Å². The van der Waals surface area contributed by atoms with E-state index in [0.717, 1.165) is 21.5 Å². The molecule has 126 valence electrons. The molecule has 4 aromatic rings. The number of carbonyl (C=O) groups is 1. The van der Waals surface area contributed by atoms with Crippen LogP contribution >= 0.6 is 11.3 Å². The minimum absolute atomic E-state index is 0.185. The van der Waals surface area contributed by atoms with Crippen LogP contribution in [0.4, 0.5) is 10.1 Å². The second-order valence-corrected chi connectivity index (χ2v) is 6.67. The number of aromatic amines is 1. The lowest BCUT2D eigenvalue weighted by Crippen LogP contribution is -2.09. The molecule has 8 heteroatoms. The highest BCUT2D eigenvalue weighted by Gasteiger charge is 2.17. The molecule has 25 heavy (non-hydrogen) atoms. The molecule has 0 aliphatic carbocycles. The lowest BCUT2D eigenvalue weighted by atomic mass is 10.2. The van der Waals surface area contributed by atoms with Crippen LogP contribution in [0.3, 0.4) is 0 Å². The van der Waals surface area contributed by atoms with Crippen molar-refractivity contribution in [2.45, 2.75) is 13.5 Å². The average molecular weight is 355 g/mol. The summed E-state index contributed by atoms with van der Waals surface area (Å²) in [5, 5.41) is 14.7. The molecule has 0 radical (unpaired) electrons. The highest BCUT2D eigenvalue weighted by Crippen LogP contribution is 2.29. The van der Waals surface area contributed by atoms with Crippen LogP contribution in [0.5, 0.6) is 0 Å².